The van der Waals surface area contributed by atoms with Crippen LogP contribution in [0.15, 0.2) is 24.3 Å². The van der Waals surface area contributed by atoms with Crippen LogP contribution < -0.4 is 10.1 Å². The van der Waals surface area contributed by atoms with Crippen LogP contribution in [0.25, 0.3) is 0 Å². The molecule has 0 aliphatic heterocycles. The molecule has 1 saturated carbocycles. The van der Waals surface area contributed by atoms with Crippen molar-refractivity contribution in [3.63, 3.8) is 0 Å². The highest BCUT2D eigenvalue weighted by atomic mass is 19.4. The number of anilines is 1. The van der Waals surface area contributed by atoms with Gasteiger partial charge >= 0.3 is 6.36 Å². The van der Waals surface area contributed by atoms with E-state index in [1.165, 1.54) is 25.0 Å². The topological polar surface area (TPSA) is 21.3 Å². The average molecular weight is 259 g/mol. The molecule has 0 unspecified atom stereocenters. The zero-order chi connectivity index (χ0) is 13.0. The number of rotatable bonds is 4. The molecule has 0 radical (unpaired) electrons. The van der Waals surface area contributed by atoms with Gasteiger partial charge in [-0.05, 0) is 30.9 Å². The lowest BCUT2D eigenvalue weighted by Gasteiger charge is -2.16. The average Bonchev–Trinajstić information content (AvgIpc) is 2.79. The van der Waals surface area contributed by atoms with Gasteiger partial charge in [0.15, 0.2) is 5.75 Å². The second kappa shape index (κ2) is 5.50. The number of hydrogen-bond acceptors (Lipinski definition) is 2. The van der Waals surface area contributed by atoms with Crippen molar-refractivity contribution < 1.29 is 17.9 Å². The smallest absolute Gasteiger partial charge is 0.404 e. The third-order valence-corrected chi connectivity index (χ3v) is 3.17. The van der Waals surface area contributed by atoms with Gasteiger partial charge in [-0.2, -0.15) is 0 Å². The van der Waals surface area contributed by atoms with Gasteiger partial charge in [0, 0.05) is 6.54 Å². The van der Waals surface area contributed by atoms with Gasteiger partial charge in [0.25, 0.3) is 0 Å². The summed E-state index contributed by atoms with van der Waals surface area (Å²) in [5.74, 6) is 0.395. The molecule has 1 aliphatic carbocycles. The van der Waals surface area contributed by atoms with Crippen molar-refractivity contribution in [3.8, 4) is 5.75 Å². The molecule has 1 fully saturated rings. The molecule has 1 aromatic carbocycles. The van der Waals surface area contributed by atoms with E-state index in [-0.39, 0.29) is 5.75 Å². The Kier molecular flexibility index (Phi) is 3.99. The minimum Gasteiger partial charge on any atom is -0.404 e. The SMILES string of the molecule is FC(F)(F)Oc1ccccc1NCC1CCCC1. The Morgan fingerprint density at radius 1 is 1.17 bits per heavy atom. The van der Waals surface area contributed by atoms with E-state index in [9.17, 15) is 13.2 Å². The van der Waals surface area contributed by atoms with Crippen LogP contribution in [0.1, 0.15) is 25.7 Å². The van der Waals surface area contributed by atoms with Crippen LogP contribution >= 0.6 is 0 Å². The van der Waals surface area contributed by atoms with Crippen LogP contribution in [0, 0.1) is 5.92 Å². The largest absolute Gasteiger partial charge is 0.573 e. The summed E-state index contributed by atoms with van der Waals surface area (Å²) in [6, 6.07) is 6.16. The van der Waals surface area contributed by atoms with Crippen molar-refractivity contribution in [3.05, 3.63) is 24.3 Å². The van der Waals surface area contributed by atoms with Crippen LogP contribution in [0.3, 0.4) is 0 Å². The zero-order valence-electron chi connectivity index (χ0n) is 9.96. The Hall–Kier alpha value is -1.39. The summed E-state index contributed by atoms with van der Waals surface area (Å²) in [5.41, 5.74) is 0.404. The van der Waals surface area contributed by atoms with E-state index in [2.05, 4.69) is 10.1 Å². The Balaban J connectivity index is 1.98. The van der Waals surface area contributed by atoms with Gasteiger partial charge in [-0.25, -0.2) is 0 Å². The molecular weight excluding hydrogens is 243 g/mol. The number of nitrogens with one attached hydrogen (secondary N) is 1. The number of alkyl halides is 3. The first-order chi connectivity index (χ1) is 8.54. The summed E-state index contributed by atoms with van der Waals surface area (Å²) in [6.07, 6.45) is 0.0792. The first-order valence-corrected chi connectivity index (χ1v) is 6.13. The molecule has 1 aromatic rings. The number of ether oxygens (including phenoxy) is 1. The Morgan fingerprint density at radius 3 is 2.50 bits per heavy atom. The molecule has 0 bridgehead atoms. The highest BCUT2D eigenvalue weighted by Gasteiger charge is 2.32. The fraction of sp³-hybridized carbons (Fsp3) is 0.538. The molecule has 100 valence electrons. The second-order valence-electron chi connectivity index (χ2n) is 4.58. The van der Waals surface area contributed by atoms with Crippen molar-refractivity contribution in [1.82, 2.24) is 0 Å². The molecule has 0 spiro atoms. The van der Waals surface area contributed by atoms with Crippen molar-refractivity contribution >= 4 is 5.69 Å². The zero-order valence-corrected chi connectivity index (χ0v) is 9.96. The van der Waals surface area contributed by atoms with Crippen LogP contribution in [0.2, 0.25) is 0 Å². The van der Waals surface area contributed by atoms with Gasteiger partial charge in [0.1, 0.15) is 0 Å². The van der Waals surface area contributed by atoms with E-state index in [4.69, 9.17) is 0 Å². The predicted molar refractivity (Wildman–Crippen MR) is 63.6 cm³/mol. The van der Waals surface area contributed by atoms with E-state index in [1.54, 1.807) is 12.1 Å². The van der Waals surface area contributed by atoms with Gasteiger partial charge in [-0.1, -0.05) is 25.0 Å². The van der Waals surface area contributed by atoms with Gasteiger partial charge < -0.3 is 10.1 Å². The first kappa shape index (κ1) is 13.1. The number of halogens is 3. The maximum absolute atomic E-state index is 12.2. The molecule has 0 saturated heterocycles. The third-order valence-electron chi connectivity index (χ3n) is 3.17. The summed E-state index contributed by atoms with van der Waals surface area (Å²) in [6.45, 7) is 0.707. The van der Waals surface area contributed by atoms with Crippen molar-refractivity contribution in [2.24, 2.45) is 5.92 Å². The lowest BCUT2D eigenvalue weighted by Crippen LogP contribution is -2.19. The molecule has 2 nitrogen and oxygen atoms in total. The molecule has 0 aromatic heterocycles. The van der Waals surface area contributed by atoms with Crippen molar-refractivity contribution in [2.45, 2.75) is 32.0 Å². The number of benzene rings is 1. The van der Waals surface area contributed by atoms with Crippen LogP contribution in [0.4, 0.5) is 18.9 Å². The fourth-order valence-electron chi connectivity index (χ4n) is 2.30. The maximum atomic E-state index is 12.2. The van der Waals surface area contributed by atoms with Crippen molar-refractivity contribution in [1.29, 1.82) is 0 Å². The molecule has 0 atom stereocenters. The Labute approximate surface area is 104 Å². The van der Waals surface area contributed by atoms with Gasteiger partial charge in [-0.3, -0.25) is 0 Å². The Morgan fingerprint density at radius 2 is 1.83 bits per heavy atom. The van der Waals surface area contributed by atoms with Crippen LogP contribution in [0.5, 0.6) is 5.75 Å². The quantitative estimate of drug-likeness (QED) is 0.875. The van der Waals surface area contributed by atoms with Gasteiger partial charge in [-0.15, -0.1) is 13.2 Å². The second-order valence-corrected chi connectivity index (χ2v) is 4.58. The number of hydrogen-bond donors (Lipinski definition) is 1. The standard InChI is InChI=1S/C13H16F3NO/c14-13(15,16)18-12-8-4-3-7-11(12)17-9-10-5-1-2-6-10/h3-4,7-8,10,17H,1-2,5-6,9H2. The predicted octanol–water partition coefficient (Wildman–Crippen LogP) is 4.19. The van der Waals surface area contributed by atoms with E-state index in [0.717, 1.165) is 12.8 Å². The lowest BCUT2D eigenvalue weighted by molar-refractivity contribution is -0.274. The molecule has 0 amide bonds. The molecule has 1 N–H and O–H groups in total. The first-order valence-electron chi connectivity index (χ1n) is 6.13. The summed E-state index contributed by atoms with van der Waals surface area (Å²) in [7, 11) is 0. The molecule has 2 rings (SSSR count). The fourth-order valence-corrected chi connectivity index (χ4v) is 2.30. The lowest BCUT2D eigenvalue weighted by atomic mass is 10.1. The summed E-state index contributed by atoms with van der Waals surface area (Å²) < 4.78 is 40.6. The van der Waals surface area contributed by atoms with Crippen molar-refractivity contribution in [2.75, 3.05) is 11.9 Å². The minimum atomic E-state index is -4.65. The van der Waals surface area contributed by atoms with E-state index < -0.39 is 6.36 Å². The summed E-state index contributed by atoms with van der Waals surface area (Å²) >= 11 is 0. The van der Waals surface area contributed by atoms with E-state index in [0.29, 0.717) is 18.2 Å². The molecule has 0 heterocycles. The Bertz CT molecular complexity index is 386. The van der Waals surface area contributed by atoms with Gasteiger partial charge in [0.05, 0.1) is 5.69 Å². The minimum absolute atomic E-state index is 0.164. The molecule has 18 heavy (non-hydrogen) atoms. The number of para-hydroxylation sites is 2. The maximum Gasteiger partial charge on any atom is 0.573 e. The van der Waals surface area contributed by atoms with E-state index in [1.807, 2.05) is 0 Å². The van der Waals surface area contributed by atoms with Gasteiger partial charge in [0.2, 0.25) is 0 Å². The van der Waals surface area contributed by atoms with E-state index >= 15 is 0 Å². The molecular formula is C13H16F3NO. The van der Waals surface area contributed by atoms with Crippen LogP contribution in [-0.4, -0.2) is 12.9 Å². The van der Waals surface area contributed by atoms with Crippen LogP contribution in [-0.2, 0) is 0 Å². The molecule has 5 heteroatoms. The summed E-state index contributed by atoms with van der Waals surface area (Å²) in [4.78, 5) is 0. The normalized spacial score (nSPS) is 16.8. The molecule has 1 aliphatic rings. The highest BCUT2D eigenvalue weighted by Crippen LogP contribution is 2.31. The monoisotopic (exact) mass is 259 g/mol. The third kappa shape index (κ3) is 3.82. The highest BCUT2D eigenvalue weighted by molar-refractivity contribution is 5.56. The summed E-state index contributed by atoms with van der Waals surface area (Å²) in [5, 5.41) is 3.05.